The number of carbonyl (C=O) groups is 1. The molecule has 92 valence electrons. The molecule has 0 aromatic rings. The van der Waals surface area contributed by atoms with Gasteiger partial charge in [-0.05, 0) is 18.3 Å². The number of hydrogen-bond acceptors (Lipinski definition) is 2. The molecule has 1 aliphatic carbocycles. The van der Waals surface area contributed by atoms with Gasteiger partial charge in [-0.2, -0.15) is 0 Å². The molecule has 0 heterocycles. The molecular weight excluding hydrogens is 218 g/mol. The van der Waals surface area contributed by atoms with Crippen LogP contribution in [0.3, 0.4) is 0 Å². The summed E-state index contributed by atoms with van der Waals surface area (Å²) in [5.74, 6) is 0. The van der Waals surface area contributed by atoms with E-state index in [1.807, 2.05) is 6.08 Å². The van der Waals surface area contributed by atoms with Gasteiger partial charge in [0.2, 0.25) is 0 Å². The Balaban J connectivity index is 2.39. The van der Waals surface area contributed by atoms with E-state index in [1.54, 1.807) is 0 Å². The van der Waals surface area contributed by atoms with Crippen LogP contribution in [-0.4, -0.2) is 16.5 Å². The van der Waals surface area contributed by atoms with E-state index in [1.165, 1.54) is 37.4 Å². The Morgan fingerprint density at radius 2 is 2.00 bits per heavy atom. The smallest absolute Gasteiger partial charge is 0.279 e. The summed E-state index contributed by atoms with van der Waals surface area (Å²) in [6, 6.07) is 0.0499. The molecule has 3 heteroatoms. The van der Waals surface area contributed by atoms with E-state index in [-0.39, 0.29) is 16.7 Å². The molecule has 1 atom stereocenters. The monoisotopic (exact) mass is 241 g/mol. The minimum absolute atomic E-state index is 0.0354. The molecule has 0 aromatic carbocycles. The minimum Gasteiger partial charge on any atom is -0.340 e. The summed E-state index contributed by atoms with van der Waals surface area (Å²) in [6.07, 6.45) is 6.75. The molecule has 1 fully saturated rings. The van der Waals surface area contributed by atoms with Gasteiger partial charge in [0.25, 0.3) is 5.24 Å². The third-order valence-electron chi connectivity index (χ3n) is 3.02. The van der Waals surface area contributed by atoms with Gasteiger partial charge >= 0.3 is 0 Å². The fraction of sp³-hybridized carbons (Fsp3) is 0.769. The Morgan fingerprint density at radius 3 is 2.44 bits per heavy atom. The normalized spacial score (nSPS) is 19.4. The van der Waals surface area contributed by atoms with Crippen molar-refractivity contribution in [1.29, 1.82) is 0 Å². The van der Waals surface area contributed by atoms with Gasteiger partial charge in [-0.3, -0.25) is 4.79 Å². The highest BCUT2D eigenvalue weighted by Gasteiger charge is 2.25. The van der Waals surface area contributed by atoms with E-state index in [2.05, 4.69) is 32.7 Å². The number of nitrogens with one attached hydrogen (secondary N) is 1. The zero-order valence-corrected chi connectivity index (χ0v) is 11.4. The molecule has 1 aliphatic rings. The van der Waals surface area contributed by atoms with Gasteiger partial charge in [0.15, 0.2) is 0 Å². The minimum atomic E-state index is 0.0354. The van der Waals surface area contributed by atoms with Crippen LogP contribution in [0.1, 0.15) is 46.5 Å². The lowest BCUT2D eigenvalue weighted by molar-refractivity contribution is 0.247. The van der Waals surface area contributed by atoms with Crippen molar-refractivity contribution in [3.63, 3.8) is 0 Å². The maximum Gasteiger partial charge on any atom is 0.279 e. The van der Waals surface area contributed by atoms with E-state index < -0.39 is 0 Å². The molecule has 2 nitrogen and oxygen atoms in total. The molecule has 1 N–H and O–H groups in total. The van der Waals surface area contributed by atoms with Crippen molar-refractivity contribution in [1.82, 2.24) is 5.32 Å². The maximum atomic E-state index is 11.8. The average molecular weight is 241 g/mol. The molecule has 1 amide bonds. The topological polar surface area (TPSA) is 29.1 Å². The molecule has 0 bridgehead atoms. The Labute approximate surface area is 103 Å². The van der Waals surface area contributed by atoms with Crippen LogP contribution in [-0.2, 0) is 0 Å². The van der Waals surface area contributed by atoms with Crippen LogP contribution in [0.2, 0.25) is 0 Å². The Kier molecular flexibility index (Phi) is 4.90. The molecule has 0 saturated heterocycles. The Bertz CT molecular complexity index is 251. The Morgan fingerprint density at radius 1 is 1.44 bits per heavy atom. The molecule has 1 saturated carbocycles. The first kappa shape index (κ1) is 13.6. The van der Waals surface area contributed by atoms with E-state index in [0.29, 0.717) is 5.25 Å². The van der Waals surface area contributed by atoms with Gasteiger partial charge in [-0.15, -0.1) is 6.58 Å². The number of thioether (sulfide) groups is 1. The lowest BCUT2D eigenvalue weighted by atomic mass is 9.87. The van der Waals surface area contributed by atoms with Crippen LogP contribution >= 0.6 is 11.8 Å². The van der Waals surface area contributed by atoms with Crippen LogP contribution in [0.5, 0.6) is 0 Å². The van der Waals surface area contributed by atoms with Crippen molar-refractivity contribution in [2.24, 2.45) is 5.41 Å². The van der Waals surface area contributed by atoms with Crippen LogP contribution in [0.25, 0.3) is 0 Å². The van der Waals surface area contributed by atoms with Gasteiger partial charge < -0.3 is 5.32 Å². The van der Waals surface area contributed by atoms with Crippen LogP contribution in [0.15, 0.2) is 12.7 Å². The van der Waals surface area contributed by atoms with Crippen molar-refractivity contribution in [3.8, 4) is 0 Å². The number of amides is 1. The second-order valence-electron chi connectivity index (χ2n) is 5.54. The predicted molar refractivity (Wildman–Crippen MR) is 71.8 cm³/mol. The Hall–Kier alpha value is -0.440. The summed E-state index contributed by atoms with van der Waals surface area (Å²) in [5.41, 5.74) is 0.0354. The first-order chi connectivity index (χ1) is 7.43. The molecule has 1 unspecified atom stereocenters. The SMILES string of the molecule is C=CC(NC(=O)SC1CCCC1)C(C)(C)C. The van der Waals surface area contributed by atoms with E-state index >= 15 is 0 Å². The van der Waals surface area contributed by atoms with E-state index in [0.717, 1.165) is 0 Å². The average Bonchev–Trinajstić information content (AvgIpc) is 2.64. The summed E-state index contributed by atoms with van der Waals surface area (Å²) in [4.78, 5) is 11.8. The van der Waals surface area contributed by atoms with Crippen molar-refractivity contribution in [3.05, 3.63) is 12.7 Å². The largest absolute Gasteiger partial charge is 0.340 e. The van der Waals surface area contributed by atoms with Crippen LogP contribution < -0.4 is 5.32 Å². The van der Waals surface area contributed by atoms with Gasteiger partial charge in [-0.1, -0.05) is 51.5 Å². The quantitative estimate of drug-likeness (QED) is 0.757. The first-order valence-corrected chi connectivity index (χ1v) is 6.91. The molecule has 16 heavy (non-hydrogen) atoms. The number of hydrogen-bond donors (Lipinski definition) is 1. The predicted octanol–water partition coefficient (Wildman–Crippen LogP) is 3.97. The standard InChI is InChI=1S/C13H23NOS/c1-5-11(13(2,3)4)14-12(15)16-10-8-6-7-9-10/h5,10-11H,1,6-9H2,2-4H3,(H,14,15). The van der Waals surface area contributed by atoms with Gasteiger partial charge in [0, 0.05) is 5.25 Å². The third kappa shape index (κ3) is 4.20. The van der Waals surface area contributed by atoms with E-state index in [4.69, 9.17) is 0 Å². The maximum absolute atomic E-state index is 11.8. The fourth-order valence-electron chi connectivity index (χ4n) is 1.95. The summed E-state index contributed by atoms with van der Waals surface area (Å²) >= 11 is 1.47. The van der Waals surface area contributed by atoms with Crippen LogP contribution in [0, 0.1) is 5.41 Å². The number of carbonyl (C=O) groups excluding carboxylic acids is 1. The van der Waals surface area contributed by atoms with Gasteiger partial charge in [-0.25, -0.2) is 0 Å². The summed E-state index contributed by atoms with van der Waals surface area (Å²) in [5, 5.41) is 3.68. The van der Waals surface area contributed by atoms with Crippen molar-refractivity contribution < 1.29 is 4.79 Å². The second-order valence-corrected chi connectivity index (χ2v) is 6.81. The lowest BCUT2D eigenvalue weighted by Gasteiger charge is -2.28. The van der Waals surface area contributed by atoms with Crippen molar-refractivity contribution in [2.75, 3.05) is 0 Å². The highest BCUT2D eigenvalue weighted by Crippen LogP contribution is 2.30. The highest BCUT2D eigenvalue weighted by molar-refractivity contribution is 8.14. The zero-order chi connectivity index (χ0) is 12.2. The fourth-order valence-corrected chi connectivity index (χ4v) is 3.01. The van der Waals surface area contributed by atoms with E-state index in [9.17, 15) is 4.79 Å². The second kappa shape index (κ2) is 5.76. The third-order valence-corrected chi connectivity index (χ3v) is 4.15. The molecule has 1 rings (SSSR count). The van der Waals surface area contributed by atoms with Crippen molar-refractivity contribution in [2.45, 2.75) is 57.7 Å². The van der Waals surface area contributed by atoms with Crippen LogP contribution in [0.4, 0.5) is 4.79 Å². The summed E-state index contributed by atoms with van der Waals surface area (Å²) in [7, 11) is 0. The summed E-state index contributed by atoms with van der Waals surface area (Å²) in [6.45, 7) is 10.1. The molecule has 0 aliphatic heterocycles. The first-order valence-electron chi connectivity index (χ1n) is 6.03. The molecule has 0 aromatic heterocycles. The molecule has 0 radical (unpaired) electrons. The van der Waals surface area contributed by atoms with Gasteiger partial charge in [0.05, 0.1) is 6.04 Å². The molecule has 0 spiro atoms. The van der Waals surface area contributed by atoms with Gasteiger partial charge in [0.1, 0.15) is 0 Å². The van der Waals surface area contributed by atoms with Crippen molar-refractivity contribution >= 4 is 17.0 Å². The number of rotatable bonds is 3. The molecular formula is C13H23NOS. The zero-order valence-electron chi connectivity index (χ0n) is 10.6. The highest BCUT2D eigenvalue weighted by atomic mass is 32.2. The summed E-state index contributed by atoms with van der Waals surface area (Å²) < 4.78 is 0. The lowest BCUT2D eigenvalue weighted by Crippen LogP contribution is -2.40.